The van der Waals surface area contributed by atoms with Gasteiger partial charge in [-0.1, -0.05) is 91.0 Å². The van der Waals surface area contributed by atoms with Crippen LogP contribution in [0.2, 0.25) is 0 Å². The van der Waals surface area contributed by atoms with Gasteiger partial charge in [0.1, 0.15) is 57.0 Å². The average Bonchev–Trinajstić information content (AvgIpc) is 4.01. The van der Waals surface area contributed by atoms with Crippen LogP contribution >= 0.6 is 34.4 Å². The van der Waals surface area contributed by atoms with Crippen molar-refractivity contribution in [1.82, 2.24) is 8.75 Å². The third-order valence-electron chi connectivity index (χ3n) is 9.14. The van der Waals surface area contributed by atoms with Gasteiger partial charge in [-0.2, -0.15) is 8.75 Å². The van der Waals surface area contributed by atoms with Crippen LogP contribution < -0.4 is 23.7 Å². The van der Waals surface area contributed by atoms with Crippen LogP contribution in [0.25, 0.3) is 42.0 Å². The third-order valence-corrected chi connectivity index (χ3v) is 11.9. The Morgan fingerprint density at radius 3 is 1.41 bits per heavy atom. The first-order chi connectivity index (χ1) is 28.7. The van der Waals surface area contributed by atoms with Crippen LogP contribution in [-0.4, -0.2) is 8.75 Å². The minimum atomic E-state index is 0.500. The maximum atomic E-state index is 6.91. The fraction of sp³-hybridized carbons (Fsp3) is 0. The Labute approximate surface area is 345 Å². The largest absolute Gasteiger partial charge is 0.457 e. The van der Waals surface area contributed by atoms with E-state index in [4.69, 9.17) is 32.4 Å². The predicted octanol–water partition coefficient (Wildman–Crippen LogP) is 15.3. The molecule has 3 heterocycles. The fourth-order valence-corrected chi connectivity index (χ4v) is 9.57. The number of benzene rings is 7. The van der Waals surface area contributed by atoms with E-state index >= 15 is 0 Å². The van der Waals surface area contributed by atoms with Gasteiger partial charge in [-0.3, -0.25) is 0 Å². The van der Waals surface area contributed by atoms with E-state index < -0.39 is 0 Å². The van der Waals surface area contributed by atoms with Gasteiger partial charge in [-0.05, 0) is 72.1 Å². The van der Waals surface area contributed by atoms with E-state index in [2.05, 4.69) is 11.4 Å². The van der Waals surface area contributed by atoms with E-state index in [9.17, 15) is 0 Å². The lowest BCUT2D eigenvalue weighted by molar-refractivity contribution is 0.421. The lowest BCUT2D eigenvalue weighted by Crippen LogP contribution is -1.98. The summed E-state index contributed by atoms with van der Waals surface area (Å²) in [7, 11) is 0. The Hall–Kier alpha value is -6.98. The maximum absolute atomic E-state index is 6.91. The van der Waals surface area contributed by atoms with Crippen molar-refractivity contribution in [3.63, 3.8) is 0 Å². The van der Waals surface area contributed by atoms with Gasteiger partial charge in [-0.25, -0.2) is 0 Å². The smallest absolute Gasteiger partial charge is 0.180 e. The van der Waals surface area contributed by atoms with E-state index in [0.29, 0.717) is 68.5 Å². The molecule has 0 amide bonds. The maximum Gasteiger partial charge on any atom is 0.180 e. The van der Waals surface area contributed by atoms with Crippen molar-refractivity contribution in [1.29, 1.82) is 0 Å². The number of hydrogen-bond donors (Lipinski definition) is 0. The molecule has 0 aliphatic rings. The molecule has 0 radical (unpaired) electrons. The average molecular weight is 811 g/mol. The van der Waals surface area contributed by atoms with Crippen molar-refractivity contribution in [3.05, 3.63) is 181 Å². The first-order valence-corrected chi connectivity index (χ1v) is 20.8. The van der Waals surface area contributed by atoms with Gasteiger partial charge in [0, 0.05) is 28.5 Å². The normalized spacial score (nSPS) is 11.1. The van der Waals surface area contributed by atoms with E-state index in [1.54, 1.807) is 22.7 Å². The Bertz CT molecular complexity index is 2910. The van der Waals surface area contributed by atoms with Crippen LogP contribution in [0, 0.1) is 0 Å². The van der Waals surface area contributed by atoms with Gasteiger partial charge in [0.05, 0.1) is 32.4 Å². The number of nitrogens with zero attached hydrogens (tertiary/aromatic N) is 2. The van der Waals surface area contributed by atoms with Crippen LogP contribution in [0.3, 0.4) is 0 Å². The second-order valence-electron chi connectivity index (χ2n) is 13.0. The second-order valence-corrected chi connectivity index (χ2v) is 15.5. The number of fused-ring (bicyclic) bond motifs is 2. The number of rotatable bonds is 12. The van der Waals surface area contributed by atoms with E-state index in [1.807, 2.05) is 170 Å². The van der Waals surface area contributed by atoms with Crippen LogP contribution in [-0.2, 0) is 0 Å². The molecule has 10 rings (SSSR count). The highest BCUT2D eigenvalue weighted by molar-refractivity contribution is 7.30. The summed E-state index contributed by atoms with van der Waals surface area (Å²) in [6.07, 6.45) is 0. The molecule has 10 heteroatoms. The molecule has 0 aliphatic heterocycles. The third kappa shape index (κ3) is 7.23. The van der Waals surface area contributed by atoms with Crippen molar-refractivity contribution in [3.8, 4) is 79.1 Å². The minimum absolute atomic E-state index is 0.500. The number of thiophene rings is 2. The predicted molar refractivity (Wildman–Crippen MR) is 234 cm³/mol. The highest BCUT2D eigenvalue weighted by Crippen LogP contribution is 2.58. The first kappa shape index (κ1) is 35.4. The summed E-state index contributed by atoms with van der Waals surface area (Å²) in [6.45, 7) is 0. The van der Waals surface area contributed by atoms with E-state index in [0.717, 1.165) is 42.7 Å². The van der Waals surface area contributed by atoms with Gasteiger partial charge in [-0.15, -0.1) is 22.7 Å². The molecule has 0 N–H and O–H groups in total. The van der Waals surface area contributed by atoms with Gasteiger partial charge < -0.3 is 23.7 Å². The zero-order chi connectivity index (χ0) is 38.7. The summed E-state index contributed by atoms with van der Waals surface area (Å²) in [4.78, 5) is 0.883. The Morgan fingerprint density at radius 2 is 0.879 bits per heavy atom. The zero-order valence-electron chi connectivity index (χ0n) is 30.5. The SMILES string of the molecule is c1ccc(Oc2cc(Oc3ccccc3)c(-c3sc4ccsc4c3-c3c(Oc4ccccc4)c(Oc4ccccc4)cc4nsnc34)c(Oc3ccccc3)c2)cc1. The molecule has 3 aromatic heterocycles. The number of aromatic nitrogens is 2. The van der Waals surface area contributed by atoms with Crippen molar-refractivity contribution in [2.24, 2.45) is 0 Å². The zero-order valence-corrected chi connectivity index (χ0v) is 32.9. The molecule has 0 spiro atoms. The molecule has 0 atom stereocenters. The standard InChI is InChI=1S/C48H30N2O5S3/c1-6-16-31(17-7-1)51-36-28-38(52-32-18-8-2-9-19-32)42(39(29-36)53-33-20-10-3-11-21-33)48-44(47-41(57-48)26-27-56-47)43-45-37(49-58-50-45)30-40(54-34-22-12-4-13-23-34)46(43)55-35-24-14-5-15-25-35/h1-30H. The van der Waals surface area contributed by atoms with E-state index in [1.165, 1.54) is 0 Å². The molecule has 7 aromatic carbocycles. The quantitative estimate of drug-likeness (QED) is 0.122. The van der Waals surface area contributed by atoms with Gasteiger partial charge >= 0.3 is 0 Å². The first-order valence-electron chi connectivity index (χ1n) is 18.4. The molecule has 0 unspecified atom stereocenters. The summed E-state index contributed by atoms with van der Waals surface area (Å²) in [6, 6.07) is 56.4. The fourth-order valence-electron chi connectivity index (χ4n) is 6.61. The van der Waals surface area contributed by atoms with Crippen LogP contribution in [0.15, 0.2) is 181 Å². The Kier molecular flexibility index (Phi) is 9.70. The second kappa shape index (κ2) is 15.9. The Balaban J connectivity index is 1.27. The van der Waals surface area contributed by atoms with Crippen LogP contribution in [0.5, 0.6) is 57.5 Å². The molecule has 58 heavy (non-hydrogen) atoms. The van der Waals surface area contributed by atoms with Crippen LogP contribution in [0.4, 0.5) is 0 Å². The molecule has 0 saturated carbocycles. The summed E-state index contributed by atoms with van der Waals surface area (Å²) < 4.78 is 45.5. The van der Waals surface area contributed by atoms with E-state index in [-0.39, 0.29) is 0 Å². The van der Waals surface area contributed by atoms with Crippen LogP contribution in [0.1, 0.15) is 0 Å². The summed E-state index contributed by atoms with van der Waals surface area (Å²) >= 11 is 4.44. The monoisotopic (exact) mass is 810 g/mol. The summed E-state index contributed by atoms with van der Waals surface area (Å²) in [5.74, 6) is 5.92. The van der Waals surface area contributed by atoms with Crippen molar-refractivity contribution >= 4 is 54.8 Å². The molecule has 7 nitrogen and oxygen atoms in total. The minimum Gasteiger partial charge on any atom is -0.457 e. The summed E-state index contributed by atoms with van der Waals surface area (Å²) in [5, 5.41) is 2.10. The number of hydrogen-bond acceptors (Lipinski definition) is 10. The molecule has 10 aromatic rings. The lowest BCUT2D eigenvalue weighted by atomic mass is 9.98. The molecule has 280 valence electrons. The highest BCUT2D eigenvalue weighted by Gasteiger charge is 2.31. The molecular weight excluding hydrogens is 781 g/mol. The molecule has 0 bridgehead atoms. The lowest BCUT2D eigenvalue weighted by Gasteiger charge is -2.20. The summed E-state index contributed by atoms with van der Waals surface area (Å²) in [5.41, 5.74) is 3.73. The molecule has 0 aliphatic carbocycles. The number of para-hydroxylation sites is 5. The molecular formula is C48H30N2O5S3. The van der Waals surface area contributed by atoms with Crippen molar-refractivity contribution in [2.45, 2.75) is 0 Å². The Morgan fingerprint density at radius 1 is 0.397 bits per heavy atom. The van der Waals surface area contributed by atoms with Crippen molar-refractivity contribution in [2.75, 3.05) is 0 Å². The molecule has 0 saturated heterocycles. The van der Waals surface area contributed by atoms with Gasteiger partial charge in [0.25, 0.3) is 0 Å². The van der Waals surface area contributed by atoms with Gasteiger partial charge in [0.2, 0.25) is 0 Å². The number of ether oxygens (including phenoxy) is 5. The topological polar surface area (TPSA) is 71.9 Å². The van der Waals surface area contributed by atoms with Gasteiger partial charge in [0.15, 0.2) is 11.5 Å². The highest BCUT2D eigenvalue weighted by atomic mass is 32.1. The van der Waals surface area contributed by atoms with Crippen molar-refractivity contribution < 1.29 is 23.7 Å². The molecule has 0 fully saturated rings.